The molecular weight excluding hydrogens is 258 g/mol. The SMILES string of the molecule is CC(C)(CCO)NCc1csc(-c2ccccn2)n1. The van der Waals surface area contributed by atoms with Crippen LogP contribution in [-0.2, 0) is 6.54 Å². The van der Waals surface area contributed by atoms with Gasteiger partial charge in [-0.25, -0.2) is 4.98 Å². The Morgan fingerprint density at radius 1 is 1.37 bits per heavy atom. The van der Waals surface area contributed by atoms with Crippen molar-refractivity contribution in [3.63, 3.8) is 0 Å². The molecule has 2 aromatic heterocycles. The summed E-state index contributed by atoms with van der Waals surface area (Å²) in [5.41, 5.74) is 1.84. The van der Waals surface area contributed by atoms with Crippen LogP contribution in [0.15, 0.2) is 29.8 Å². The van der Waals surface area contributed by atoms with Crippen molar-refractivity contribution in [3.8, 4) is 10.7 Å². The summed E-state index contributed by atoms with van der Waals surface area (Å²) >= 11 is 1.60. The van der Waals surface area contributed by atoms with Gasteiger partial charge in [0.15, 0.2) is 0 Å². The fourth-order valence-corrected chi connectivity index (χ4v) is 2.49. The van der Waals surface area contributed by atoms with Crippen molar-refractivity contribution < 1.29 is 5.11 Å². The number of nitrogens with one attached hydrogen (secondary N) is 1. The molecule has 2 heterocycles. The van der Waals surface area contributed by atoms with Crippen LogP contribution in [0.5, 0.6) is 0 Å². The predicted octanol–water partition coefficient (Wildman–Crippen LogP) is 2.46. The molecule has 0 aliphatic rings. The molecule has 4 nitrogen and oxygen atoms in total. The summed E-state index contributed by atoms with van der Waals surface area (Å²) in [7, 11) is 0. The molecule has 0 bridgehead atoms. The van der Waals surface area contributed by atoms with Gasteiger partial charge in [-0.15, -0.1) is 11.3 Å². The van der Waals surface area contributed by atoms with E-state index >= 15 is 0 Å². The second kappa shape index (κ2) is 6.23. The van der Waals surface area contributed by atoms with Crippen LogP contribution in [0.4, 0.5) is 0 Å². The predicted molar refractivity (Wildman–Crippen MR) is 78.0 cm³/mol. The molecule has 19 heavy (non-hydrogen) atoms. The Balaban J connectivity index is 1.99. The lowest BCUT2D eigenvalue weighted by Gasteiger charge is -2.24. The molecule has 102 valence electrons. The van der Waals surface area contributed by atoms with Gasteiger partial charge in [-0.05, 0) is 32.4 Å². The van der Waals surface area contributed by atoms with Crippen molar-refractivity contribution in [2.45, 2.75) is 32.4 Å². The molecule has 2 aromatic rings. The van der Waals surface area contributed by atoms with Gasteiger partial charge >= 0.3 is 0 Å². The maximum atomic E-state index is 8.99. The molecule has 0 atom stereocenters. The van der Waals surface area contributed by atoms with Gasteiger partial charge in [-0.2, -0.15) is 0 Å². The molecule has 5 heteroatoms. The summed E-state index contributed by atoms with van der Waals surface area (Å²) in [6.07, 6.45) is 2.50. The molecule has 0 amide bonds. The van der Waals surface area contributed by atoms with Gasteiger partial charge < -0.3 is 10.4 Å². The maximum absolute atomic E-state index is 8.99. The monoisotopic (exact) mass is 277 g/mol. The molecule has 0 aliphatic carbocycles. The normalized spacial score (nSPS) is 11.7. The largest absolute Gasteiger partial charge is 0.396 e. The van der Waals surface area contributed by atoms with Crippen LogP contribution in [0.3, 0.4) is 0 Å². The van der Waals surface area contributed by atoms with E-state index in [1.807, 2.05) is 23.6 Å². The number of hydrogen-bond acceptors (Lipinski definition) is 5. The van der Waals surface area contributed by atoms with Gasteiger partial charge in [-0.1, -0.05) is 6.07 Å². The van der Waals surface area contributed by atoms with Crippen molar-refractivity contribution >= 4 is 11.3 Å². The Hall–Kier alpha value is -1.30. The number of aromatic nitrogens is 2. The van der Waals surface area contributed by atoms with E-state index in [-0.39, 0.29) is 12.1 Å². The van der Waals surface area contributed by atoms with E-state index in [2.05, 4.69) is 29.1 Å². The number of aliphatic hydroxyl groups is 1. The second-order valence-electron chi connectivity index (χ2n) is 5.07. The number of pyridine rings is 1. The Morgan fingerprint density at radius 3 is 2.89 bits per heavy atom. The smallest absolute Gasteiger partial charge is 0.142 e. The van der Waals surface area contributed by atoms with Crippen molar-refractivity contribution in [3.05, 3.63) is 35.5 Å². The van der Waals surface area contributed by atoms with Crippen LogP contribution in [-0.4, -0.2) is 27.2 Å². The highest BCUT2D eigenvalue weighted by Crippen LogP contribution is 2.21. The molecule has 0 saturated carbocycles. The van der Waals surface area contributed by atoms with E-state index in [0.717, 1.165) is 22.8 Å². The Morgan fingerprint density at radius 2 is 2.21 bits per heavy atom. The van der Waals surface area contributed by atoms with E-state index in [1.54, 1.807) is 17.5 Å². The Bertz CT molecular complexity index is 510. The second-order valence-corrected chi connectivity index (χ2v) is 5.93. The Kier molecular flexibility index (Phi) is 4.63. The molecule has 0 radical (unpaired) electrons. The van der Waals surface area contributed by atoms with Crippen molar-refractivity contribution in [1.29, 1.82) is 0 Å². The van der Waals surface area contributed by atoms with Gasteiger partial charge in [0.25, 0.3) is 0 Å². The molecule has 0 aromatic carbocycles. The first kappa shape index (κ1) is 14.1. The highest BCUT2D eigenvalue weighted by Gasteiger charge is 2.16. The highest BCUT2D eigenvalue weighted by atomic mass is 32.1. The quantitative estimate of drug-likeness (QED) is 0.851. The van der Waals surface area contributed by atoms with E-state index in [0.29, 0.717) is 6.54 Å². The van der Waals surface area contributed by atoms with E-state index < -0.39 is 0 Å². The molecule has 2 rings (SSSR count). The first-order valence-electron chi connectivity index (χ1n) is 6.32. The molecule has 0 aliphatic heterocycles. The van der Waals surface area contributed by atoms with E-state index in [4.69, 9.17) is 5.11 Å². The summed E-state index contributed by atoms with van der Waals surface area (Å²) in [4.78, 5) is 8.87. The summed E-state index contributed by atoms with van der Waals surface area (Å²) in [6, 6.07) is 5.83. The lowest BCUT2D eigenvalue weighted by atomic mass is 10.0. The number of hydrogen-bond donors (Lipinski definition) is 2. The van der Waals surface area contributed by atoms with Gasteiger partial charge in [-0.3, -0.25) is 4.98 Å². The summed E-state index contributed by atoms with van der Waals surface area (Å²) in [6.45, 7) is 5.05. The van der Waals surface area contributed by atoms with Crippen molar-refractivity contribution in [2.24, 2.45) is 0 Å². The molecular formula is C14H19N3OS. The highest BCUT2D eigenvalue weighted by molar-refractivity contribution is 7.13. The van der Waals surface area contributed by atoms with Gasteiger partial charge in [0.1, 0.15) is 5.01 Å². The third-order valence-electron chi connectivity index (χ3n) is 2.92. The van der Waals surface area contributed by atoms with Crippen LogP contribution in [0, 0.1) is 0 Å². The lowest BCUT2D eigenvalue weighted by molar-refractivity contribution is 0.229. The average molecular weight is 277 g/mol. The van der Waals surface area contributed by atoms with Crippen LogP contribution in [0.25, 0.3) is 10.7 Å². The average Bonchev–Trinajstić information content (AvgIpc) is 2.86. The van der Waals surface area contributed by atoms with E-state index in [9.17, 15) is 0 Å². The van der Waals surface area contributed by atoms with Crippen LogP contribution < -0.4 is 5.32 Å². The summed E-state index contributed by atoms with van der Waals surface area (Å²) in [5, 5.41) is 15.4. The zero-order valence-electron chi connectivity index (χ0n) is 11.3. The summed E-state index contributed by atoms with van der Waals surface area (Å²) in [5.74, 6) is 0. The fraction of sp³-hybridized carbons (Fsp3) is 0.429. The molecule has 0 fully saturated rings. The van der Waals surface area contributed by atoms with Gasteiger partial charge in [0, 0.05) is 30.3 Å². The zero-order chi connectivity index (χ0) is 13.7. The minimum absolute atomic E-state index is 0.0798. The first-order chi connectivity index (χ1) is 9.11. The summed E-state index contributed by atoms with van der Waals surface area (Å²) < 4.78 is 0. The van der Waals surface area contributed by atoms with Crippen molar-refractivity contribution in [2.75, 3.05) is 6.61 Å². The zero-order valence-corrected chi connectivity index (χ0v) is 12.1. The number of aliphatic hydroxyl groups excluding tert-OH is 1. The molecule has 2 N–H and O–H groups in total. The first-order valence-corrected chi connectivity index (χ1v) is 7.20. The van der Waals surface area contributed by atoms with Crippen LogP contribution in [0.2, 0.25) is 0 Å². The minimum Gasteiger partial charge on any atom is -0.396 e. The minimum atomic E-state index is -0.0798. The number of thiazole rings is 1. The third kappa shape index (κ3) is 4.09. The molecule has 0 spiro atoms. The molecule has 0 saturated heterocycles. The topological polar surface area (TPSA) is 58.0 Å². The van der Waals surface area contributed by atoms with Crippen molar-refractivity contribution in [1.82, 2.24) is 15.3 Å². The Labute approximate surface area is 117 Å². The number of nitrogens with zero attached hydrogens (tertiary/aromatic N) is 2. The van der Waals surface area contributed by atoms with Crippen LogP contribution in [0.1, 0.15) is 26.0 Å². The standard InChI is InChI=1S/C14H19N3OS/c1-14(2,6-8-18)16-9-11-10-19-13(17-11)12-5-3-4-7-15-12/h3-5,7,10,16,18H,6,8-9H2,1-2H3. The van der Waals surface area contributed by atoms with Gasteiger partial charge in [0.2, 0.25) is 0 Å². The number of rotatable bonds is 6. The lowest BCUT2D eigenvalue weighted by Crippen LogP contribution is -2.39. The maximum Gasteiger partial charge on any atom is 0.142 e. The van der Waals surface area contributed by atoms with E-state index in [1.165, 1.54) is 0 Å². The third-order valence-corrected chi connectivity index (χ3v) is 3.83. The van der Waals surface area contributed by atoms with Crippen LogP contribution >= 0.6 is 11.3 Å². The molecule has 0 unspecified atom stereocenters. The van der Waals surface area contributed by atoms with Gasteiger partial charge in [0.05, 0.1) is 11.4 Å². The fourth-order valence-electron chi connectivity index (χ4n) is 1.69.